The molecule has 2 aromatic rings. The maximum atomic E-state index is 10.9. The number of nitro benzene ring substituents is 1. The molecular weight excluding hydrogens is 289 g/mol. The molecule has 19 heavy (non-hydrogen) atoms. The molecule has 1 atom stereocenters. The highest BCUT2D eigenvalue weighted by Crippen LogP contribution is 2.24. The van der Waals surface area contributed by atoms with Crippen molar-refractivity contribution in [1.82, 2.24) is 9.78 Å². The molecule has 1 heterocycles. The Morgan fingerprint density at radius 1 is 1.53 bits per heavy atom. The fraction of sp³-hybridized carbons (Fsp3) is 0.250. The molecule has 1 aromatic carbocycles. The van der Waals surface area contributed by atoms with Gasteiger partial charge in [0.1, 0.15) is 0 Å². The van der Waals surface area contributed by atoms with Crippen molar-refractivity contribution >= 4 is 28.9 Å². The van der Waals surface area contributed by atoms with Crippen LogP contribution < -0.4 is 0 Å². The molecular formula is C12H11Cl2N3O2. The second kappa shape index (κ2) is 5.59. The van der Waals surface area contributed by atoms with Gasteiger partial charge in [-0.05, 0) is 19.1 Å². The number of hydrogen-bond acceptors (Lipinski definition) is 3. The van der Waals surface area contributed by atoms with Gasteiger partial charge < -0.3 is 0 Å². The standard InChI is InChI=1S/C12H11Cl2N3O2/c1-8(13)10-5-15-16(7-10)6-9-4-11(14)2-3-12(9)17(18)19/h2-5,7-8H,6H2,1H3. The smallest absolute Gasteiger partial charge is 0.268 e. The molecule has 0 N–H and O–H groups in total. The average Bonchev–Trinajstić information content (AvgIpc) is 2.77. The lowest BCUT2D eigenvalue weighted by Gasteiger charge is -2.04. The SMILES string of the molecule is CC(Cl)c1cnn(Cc2cc(Cl)ccc2[N+](=O)[O-])c1. The van der Waals surface area contributed by atoms with Crippen LogP contribution in [0.4, 0.5) is 5.69 Å². The lowest BCUT2D eigenvalue weighted by Crippen LogP contribution is -2.03. The van der Waals surface area contributed by atoms with Crippen LogP contribution in [0.1, 0.15) is 23.4 Å². The van der Waals surface area contributed by atoms with E-state index in [1.807, 2.05) is 6.92 Å². The molecule has 1 aromatic heterocycles. The minimum absolute atomic E-state index is 0.0281. The van der Waals surface area contributed by atoms with Crippen LogP contribution >= 0.6 is 23.2 Å². The molecule has 0 bridgehead atoms. The van der Waals surface area contributed by atoms with Gasteiger partial charge in [0.15, 0.2) is 0 Å². The monoisotopic (exact) mass is 299 g/mol. The Morgan fingerprint density at radius 3 is 2.84 bits per heavy atom. The molecule has 0 saturated heterocycles. The van der Waals surface area contributed by atoms with Crippen LogP contribution in [0.25, 0.3) is 0 Å². The number of halogens is 2. The summed E-state index contributed by atoms with van der Waals surface area (Å²) in [5.41, 5.74) is 1.40. The predicted molar refractivity (Wildman–Crippen MR) is 73.7 cm³/mol. The number of aromatic nitrogens is 2. The first-order valence-electron chi connectivity index (χ1n) is 5.56. The van der Waals surface area contributed by atoms with E-state index in [1.54, 1.807) is 23.1 Å². The Labute approximate surface area is 119 Å². The number of alkyl halides is 1. The zero-order valence-corrected chi connectivity index (χ0v) is 11.6. The minimum Gasteiger partial charge on any atom is -0.268 e. The molecule has 0 spiro atoms. The van der Waals surface area contributed by atoms with Crippen LogP contribution in [0.2, 0.25) is 5.02 Å². The topological polar surface area (TPSA) is 61.0 Å². The third-order valence-electron chi connectivity index (χ3n) is 2.68. The van der Waals surface area contributed by atoms with Gasteiger partial charge in [-0.3, -0.25) is 14.8 Å². The van der Waals surface area contributed by atoms with Crippen molar-refractivity contribution in [3.05, 3.63) is 56.9 Å². The molecule has 0 saturated carbocycles. The molecule has 0 aliphatic rings. The highest BCUT2D eigenvalue weighted by molar-refractivity contribution is 6.30. The fourth-order valence-corrected chi connectivity index (χ4v) is 2.01. The van der Waals surface area contributed by atoms with E-state index < -0.39 is 4.92 Å². The maximum Gasteiger partial charge on any atom is 0.274 e. The molecule has 0 aliphatic heterocycles. The number of hydrogen-bond donors (Lipinski definition) is 0. The summed E-state index contributed by atoms with van der Waals surface area (Å²) in [6.07, 6.45) is 3.41. The molecule has 0 amide bonds. The summed E-state index contributed by atoms with van der Waals surface area (Å²) in [7, 11) is 0. The summed E-state index contributed by atoms with van der Waals surface area (Å²) < 4.78 is 1.60. The van der Waals surface area contributed by atoms with E-state index in [9.17, 15) is 10.1 Å². The molecule has 5 nitrogen and oxygen atoms in total. The number of rotatable bonds is 4. The van der Waals surface area contributed by atoms with Crippen LogP contribution in [0.3, 0.4) is 0 Å². The summed E-state index contributed by atoms with van der Waals surface area (Å²) in [6.45, 7) is 2.12. The van der Waals surface area contributed by atoms with Gasteiger partial charge in [0.05, 0.1) is 28.6 Å². The van der Waals surface area contributed by atoms with Crippen LogP contribution in [0.15, 0.2) is 30.6 Å². The highest BCUT2D eigenvalue weighted by atomic mass is 35.5. The van der Waals surface area contributed by atoms with Crippen molar-refractivity contribution in [1.29, 1.82) is 0 Å². The zero-order chi connectivity index (χ0) is 14.0. The summed E-state index contributed by atoms with van der Waals surface area (Å²) in [6, 6.07) is 4.47. The number of nitro groups is 1. The first-order chi connectivity index (χ1) is 8.97. The quantitative estimate of drug-likeness (QED) is 0.490. The maximum absolute atomic E-state index is 10.9. The van der Waals surface area contributed by atoms with E-state index in [0.29, 0.717) is 10.6 Å². The van der Waals surface area contributed by atoms with Gasteiger partial charge in [0.2, 0.25) is 0 Å². The van der Waals surface area contributed by atoms with E-state index in [4.69, 9.17) is 23.2 Å². The first kappa shape index (κ1) is 13.8. The largest absolute Gasteiger partial charge is 0.274 e. The van der Waals surface area contributed by atoms with Crippen molar-refractivity contribution in [2.24, 2.45) is 0 Å². The van der Waals surface area contributed by atoms with Gasteiger partial charge in [0.25, 0.3) is 5.69 Å². The Morgan fingerprint density at radius 2 is 2.26 bits per heavy atom. The fourth-order valence-electron chi connectivity index (χ4n) is 1.70. The molecule has 100 valence electrons. The Bertz CT molecular complexity index is 611. The normalized spacial score (nSPS) is 12.4. The average molecular weight is 300 g/mol. The summed E-state index contributed by atoms with van der Waals surface area (Å²) in [4.78, 5) is 10.5. The second-order valence-corrected chi connectivity index (χ2v) is 5.21. The summed E-state index contributed by atoms with van der Waals surface area (Å²) in [5.74, 6) is 0. The Balaban J connectivity index is 2.31. The van der Waals surface area contributed by atoms with E-state index in [0.717, 1.165) is 5.56 Å². The van der Waals surface area contributed by atoms with Gasteiger partial charge in [-0.1, -0.05) is 11.6 Å². The second-order valence-electron chi connectivity index (χ2n) is 4.12. The Hall–Kier alpha value is -1.59. The summed E-state index contributed by atoms with van der Waals surface area (Å²) >= 11 is 11.8. The number of benzene rings is 1. The molecule has 0 aliphatic carbocycles. The van der Waals surface area contributed by atoms with Crippen LogP contribution in [-0.4, -0.2) is 14.7 Å². The number of nitrogens with zero attached hydrogens (tertiary/aromatic N) is 3. The zero-order valence-electron chi connectivity index (χ0n) is 10.1. The lowest BCUT2D eigenvalue weighted by atomic mass is 10.2. The van der Waals surface area contributed by atoms with Crippen molar-refractivity contribution in [3.8, 4) is 0 Å². The molecule has 0 radical (unpaired) electrons. The van der Waals surface area contributed by atoms with Gasteiger partial charge in [0, 0.05) is 22.8 Å². The van der Waals surface area contributed by atoms with Gasteiger partial charge in [-0.25, -0.2) is 0 Å². The third-order valence-corrected chi connectivity index (χ3v) is 3.17. The molecule has 2 rings (SSSR count). The van der Waals surface area contributed by atoms with Gasteiger partial charge in [-0.15, -0.1) is 11.6 Å². The minimum atomic E-state index is -0.430. The van der Waals surface area contributed by atoms with Crippen molar-refractivity contribution < 1.29 is 4.92 Å². The molecule has 7 heteroatoms. The van der Waals surface area contributed by atoms with Crippen LogP contribution in [-0.2, 0) is 6.54 Å². The first-order valence-corrected chi connectivity index (χ1v) is 6.38. The molecule has 1 unspecified atom stereocenters. The van der Waals surface area contributed by atoms with Crippen LogP contribution in [0.5, 0.6) is 0 Å². The lowest BCUT2D eigenvalue weighted by molar-refractivity contribution is -0.385. The van der Waals surface area contributed by atoms with E-state index in [2.05, 4.69) is 5.10 Å². The van der Waals surface area contributed by atoms with Crippen LogP contribution in [0, 0.1) is 10.1 Å². The van der Waals surface area contributed by atoms with E-state index >= 15 is 0 Å². The van der Waals surface area contributed by atoms with E-state index in [1.165, 1.54) is 12.1 Å². The highest BCUT2D eigenvalue weighted by Gasteiger charge is 2.15. The van der Waals surface area contributed by atoms with Gasteiger partial charge >= 0.3 is 0 Å². The molecule has 0 fully saturated rings. The third kappa shape index (κ3) is 3.24. The van der Waals surface area contributed by atoms with Crippen molar-refractivity contribution in [2.45, 2.75) is 18.8 Å². The predicted octanol–water partition coefficient (Wildman–Crippen LogP) is 3.79. The van der Waals surface area contributed by atoms with Crippen molar-refractivity contribution in [3.63, 3.8) is 0 Å². The summed E-state index contributed by atoms with van der Waals surface area (Å²) in [5, 5.41) is 15.4. The van der Waals surface area contributed by atoms with Crippen molar-refractivity contribution in [2.75, 3.05) is 0 Å². The van der Waals surface area contributed by atoms with Gasteiger partial charge in [-0.2, -0.15) is 5.10 Å². The Kier molecular flexibility index (Phi) is 4.07. The van der Waals surface area contributed by atoms with E-state index in [-0.39, 0.29) is 17.6 Å².